The molecule has 1 aromatic rings. The fourth-order valence-electron chi connectivity index (χ4n) is 1.84. The van der Waals surface area contributed by atoms with Crippen molar-refractivity contribution in [1.29, 1.82) is 0 Å². The van der Waals surface area contributed by atoms with Gasteiger partial charge >= 0.3 is 0 Å². The van der Waals surface area contributed by atoms with E-state index in [1.807, 2.05) is 23.9 Å². The minimum atomic E-state index is 0.481. The number of anilines is 1. The van der Waals surface area contributed by atoms with E-state index in [1.165, 1.54) is 6.42 Å². The Balaban J connectivity index is 1.96. The lowest BCUT2D eigenvalue weighted by atomic mass is 10.1. The molecular weight excluding hydrogens is 296 g/mol. The Morgan fingerprint density at radius 3 is 3.06 bits per heavy atom. The molecule has 0 aliphatic carbocycles. The Labute approximate surface area is 115 Å². The average molecular weight is 313 g/mol. The first-order valence-corrected chi connectivity index (χ1v) is 7.64. The van der Waals surface area contributed by atoms with E-state index in [-0.39, 0.29) is 0 Å². The highest BCUT2D eigenvalue weighted by atomic mass is 79.9. The van der Waals surface area contributed by atoms with Crippen molar-refractivity contribution in [2.75, 3.05) is 11.1 Å². The largest absolute Gasteiger partial charge is 0.335 e. The minimum Gasteiger partial charge on any atom is -0.335 e. The molecule has 1 aliphatic heterocycles. The fourth-order valence-corrected chi connectivity index (χ4v) is 3.21. The number of hydrogen-bond donors (Lipinski definition) is 1. The third kappa shape index (κ3) is 4.03. The van der Waals surface area contributed by atoms with Crippen molar-refractivity contribution >= 4 is 38.5 Å². The van der Waals surface area contributed by atoms with Crippen molar-refractivity contribution in [2.24, 2.45) is 10.9 Å². The Morgan fingerprint density at radius 2 is 2.35 bits per heavy atom. The third-order valence-corrected chi connectivity index (χ3v) is 4.06. The van der Waals surface area contributed by atoms with Gasteiger partial charge in [-0.3, -0.25) is 4.99 Å². The van der Waals surface area contributed by atoms with Gasteiger partial charge in [0.2, 0.25) is 0 Å². The van der Waals surface area contributed by atoms with Crippen LogP contribution in [-0.4, -0.2) is 17.0 Å². The van der Waals surface area contributed by atoms with E-state index in [2.05, 4.69) is 47.2 Å². The molecule has 0 saturated carbocycles. The summed E-state index contributed by atoms with van der Waals surface area (Å²) in [7, 11) is 0. The molecule has 0 aromatic heterocycles. The number of benzene rings is 1. The summed E-state index contributed by atoms with van der Waals surface area (Å²) in [6, 6.07) is 8.66. The molecule has 1 N–H and O–H groups in total. The Kier molecular flexibility index (Phi) is 4.51. The summed E-state index contributed by atoms with van der Waals surface area (Å²) >= 11 is 5.29. The lowest BCUT2D eigenvalue weighted by Crippen LogP contribution is -2.08. The number of hydrogen-bond acceptors (Lipinski definition) is 3. The average Bonchev–Trinajstić information content (AvgIpc) is 2.64. The quantitative estimate of drug-likeness (QED) is 0.895. The van der Waals surface area contributed by atoms with Gasteiger partial charge in [0.05, 0.1) is 6.04 Å². The van der Waals surface area contributed by atoms with Gasteiger partial charge in [-0.1, -0.05) is 47.6 Å². The molecule has 0 spiro atoms. The molecule has 2 nitrogen and oxygen atoms in total. The smallest absolute Gasteiger partial charge is 0.161 e. The van der Waals surface area contributed by atoms with Gasteiger partial charge < -0.3 is 5.32 Å². The van der Waals surface area contributed by atoms with Crippen LogP contribution in [0.4, 0.5) is 5.69 Å². The van der Waals surface area contributed by atoms with E-state index in [0.717, 1.165) is 27.0 Å². The predicted molar refractivity (Wildman–Crippen MR) is 80.9 cm³/mol. The molecule has 17 heavy (non-hydrogen) atoms. The van der Waals surface area contributed by atoms with E-state index >= 15 is 0 Å². The summed E-state index contributed by atoms with van der Waals surface area (Å²) in [6.45, 7) is 4.50. The Bertz CT molecular complexity index is 418. The van der Waals surface area contributed by atoms with E-state index in [1.54, 1.807) is 0 Å². The van der Waals surface area contributed by atoms with E-state index < -0.39 is 0 Å². The number of thioether (sulfide) groups is 1. The number of amidine groups is 1. The van der Waals surface area contributed by atoms with Crippen LogP contribution < -0.4 is 5.32 Å². The maximum absolute atomic E-state index is 4.71. The van der Waals surface area contributed by atoms with E-state index in [4.69, 9.17) is 4.99 Å². The van der Waals surface area contributed by atoms with Crippen LogP contribution in [0, 0.1) is 5.92 Å². The van der Waals surface area contributed by atoms with Crippen LogP contribution in [0.25, 0.3) is 0 Å². The standard InChI is InChI=1S/C13H17BrN2S/c1-9(2)6-12-8-17-13(16-12)15-11-5-3-4-10(14)7-11/h3-5,7,9,12H,6,8H2,1-2H3,(H,15,16). The highest BCUT2D eigenvalue weighted by Gasteiger charge is 2.19. The van der Waals surface area contributed by atoms with Gasteiger partial charge in [-0.15, -0.1) is 0 Å². The number of aliphatic imine (C=N–C) groups is 1. The van der Waals surface area contributed by atoms with Gasteiger partial charge in [-0.2, -0.15) is 0 Å². The molecule has 92 valence electrons. The van der Waals surface area contributed by atoms with Gasteiger partial charge in [-0.05, 0) is 30.5 Å². The highest BCUT2D eigenvalue weighted by Crippen LogP contribution is 2.25. The van der Waals surface area contributed by atoms with Crippen molar-refractivity contribution in [3.05, 3.63) is 28.7 Å². The molecule has 2 rings (SSSR count). The lowest BCUT2D eigenvalue weighted by molar-refractivity contribution is 0.529. The summed E-state index contributed by atoms with van der Waals surface area (Å²) in [4.78, 5) is 4.71. The summed E-state index contributed by atoms with van der Waals surface area (Å²) in [6.07, 6.45) is 1.18. The Hall–Kier alpha value is -0.480. The van der Waals surface area contributed by atoms with Gasteiger partial charge in [0.25, 0.3) is 0 Å². The lowest BCUT2D eigenvalue weighted by Gasteiger charge is -2.07. The molecule has 1 unspecified atom stereocenters. The molecular formula is C13H17BrN2S. The summed E-state index contributed by atoms with van der Waals surface area (Å²) < 4.78 is 1.09. The molecule has 0 saturated heterocycles. The molecule has 0 amide bonds. The second kappa shape index (κ2) is 5.91. The molecule has 0 fully saturated rings. The molecule has 1 aliphatic rings. The number of nitrogens with one attached hydrogen (secondary N) is 1. The molecule has 0 bridgehead atoms. The zero-order valence-electron chi connectivity index (χ0n) is 10.1. The van der Waals surface area contributed by atoms with Crippen LogP contribution in [0.15, 0.2) is 33.7 Å². The zero-order chi connectivity index (χ0) is 12.3. The SMILES string of the molecule is CC(C)CC1CSC(Nc2cccc(Br)c2)=N1. The van der Waals surface area contributed by atoms with E-state index in [9.17, 15) is 0 Å². The number of nitrogens with zero attached hydrogens (tertiary/aromatic N) is 1. The van der Waals surface area contributed by atoms with Crippen molar-refractivity contribution < 1.29 is 0 Å². The van der Waals surface area contributed by atoms with Crippen LogP contribution in [-0.2, 0) is 0 Å². The minimum absolute atomic E-state index is 0.481. The van der Waals surface area contributed by atoms with Crippen LogP contribution in [0.1, 0.15) is 20.3 Å². The molecule has 1 aromatic carbocycles. The topological polar surface area (TPSA) is 24.4 Å². The van der Waals surface area contributed by atoms with Crippen LogP contribution in [0.3, 0.4) is 0 Å². The predicted octanol–water partition coefficient (Wildman–Crippen LogP) is 4.38. The van der Waals surface area contributed by atoms with Gasteiger partial charge in [0.1, 0.15) is 0 Å². The number of halogens is 1. The Morgan fingerprint density at radius 1 is 1.53 bits per heavy atom. The monoisotopic (exact) mass is 312 g/mol. The first-order chi connectivity index (χ1) is 8.13. The molecule has 1 atom stereocenters. The first kappa shape index (κ1) is 13.0. The molecule has 4 heteroatoms. The van der Waals surface area contributed by atoms with Crippen LogP contribution in [0.5, 0.6) is 0 Å². The molecule has 0 radical (unpaired) electrons. The van der Waals surface area contributed by atoms with Crippen LogP contribution in [0.2, 0.25) is 0 Å². The van der Waals surface area contributed by atoms with Gasteiger partial charge in [0.15, 0.2) is 5.17 Å². The van der Waals surface area contributed by atoms with Crippen LogP contribution >= 0.6 is 27.7 Å². The van der Waals surface area contributed by atoms with Crippen molar-refractivity contribution in [3.63, 3.8) is 0 Å². The maximum atomic E-state index is 4.71. The maximum Gasteiger partial charge on any atom is 0.161 e. The zero-order valence-corrected chi connectivity index (χ0v) is 12.5. The van der Waals surface area contributed by atoms with Crippen molar-refractivity contribution in [1.82, 2.24) is 0 Å². The van der Waals surface area contributed by atoms with E-state index in [0.29, 0.717) is 6.04 Å². The summed E-state index contributed by atoms with van der Waals surface area (Å²) in [5, 5.41) is 4.42. The summed E-state index contributed by atoms with van der Waals surface area (Å²) in [5.74, 6) is 1.82. The summed E-state index contributed by atoms with van der Waals surface area (Å²) in [5.41, 5.74) is 1.09. The number of rotatable bonds is 3. The van der Waals surface area contributed by atoms with Gasteiger partial charge in [-0.25, -0.2) is 0 Å². The third-order valence-electron chi connectivity index (χ3n) is 2.53. The molecule has 1 heterocycles. The van der Waals surface area contributed by atoms with Crippen molar-refractivity contribution in [2.45, 2.75) is 26.3 Å². The first-order valence-electron chi connectivity index (χ1n) is 5.86. The normalized spacial score (nSPS) is 19.5. The van der Waals surface area contributed by atoms with Crippen molar-refractivity contribution in [3.8, 4) is 0 Å². The second-order valence-corrected chi connectivity index (χ2v) is 6.59. The second-order valence-electron chi connectivity index (χ2n) is 4.66. The highest BCUT2D eigenvalue weighted by molar-refractivity contribution is 9.10. The van der Waals surface area contributed by atoms with Gasteiger partial charge in [0, 0.05) is 15.9 Å². The fraction of sp³-hybridized carbons (Fsp3) is 0.462.